The van der Waals surface area contributed by atoms with Gasteiger partial charge in [0, 0.05) is 38.0 Å². The number of halogens is 1. The summed E-state index contributed by atoms with van der Waals surface area (Å²) in [5.41, 5.74) is 0.664. The fourth-order valence-corrected chi connectivity index (χ4v) is 7.59. The number of sulfonamides is 1. The van der Waals surface area contributed by atoms with E-state index in [1.165, 1.54) is 50.9 Å². The third-order valence-electron chi connectivity index (χ3n) is 6.50. The summed E-state index contributed by atoms with van der Waals surface area (Å²) in [6, 6.07) is 11.0. The van der Waals surface area contributed by atoms with Gasteiger partial charge in [-0.3, -0.25) is 9.69 Å². The van der Waals surface area contributed by atoms with Gasteiger partial charge in [0.2, 0.25) is 10.0 Å². The smallest absolute Gasteiger partial charge is 0.260 e. The number of hydrogen-bond donors (Lipinski definition) is 0. The number of hydrogen-bond acceptors (Lipinski definition) is 8. The first-order chi connectivity index (χ1) is 17.4. The van der Waals surface area contributed by atoms with Gasteiger partial charge in [-0.05, 0) is 69.3 Å². The quantitative estimate of drug-likeness (QED) is 0.387. The molecule has 1 saturated heterocycles. The topological polar surface area (TPSA) is 108 Å². The van der Waals surface area contributed by atoms with Gasteiger partial charge in [0.1, 0.15) is 5.52 Å². The molecule has 0 bridgehead atoms. The first-order valence-corrected chi connectivity index (χ1v) is 16.2. The van der Waals surface area contributed by atoms with Gasteiger partial charge in [-0.2, -0.15) is 4.31 Å². The van der Waals surface area contributed by atoms with Crippen LogP contribution in [0.25, 0.3) is 10.2 Å². The van der Waals surface area contributed by atoms with Crippen LogP contribution in [-0.4, -0.2) is 83.5 Å². The average Bonchev–Trinajstić information content (AvgIpc) is 3.27. The second kappa shape index (κ2) is 12.0. The highest BCUT2D eigenvalue weighted by Gasteiger charge is 2.29. The van der Waals surface area contributed by atoms with Crippen molar-refractivity contribution in [2.24, 2.45) is 5.92 Å². The van der Waals surface area contributed by atoms with Crippen LogP contribution in [-0.2, 0) is 19.9 Å². The van der Waals surface area contributed by atoms with Crippen LogP contribution in [0.5, 0.6) is 0 Å². The van der Waals surface area contributed by atoms with Crippen LogP contribution in [0.1, 0.15) is 30.1 Å². The van der Waals surface area contributed by atoms with Gasteiger partial charge in [0.05, 0.1) is 14.5 Å². The summed E-state index contributed by atoms with van der Waals surface area (Å²) in [6.45, 7) is 4.00. The second-order valence-electron chi connectivity index (χ2n) is 9.74. The number of para-hydroxylation sites is 1. The van der Waals surface area contributed by atoms with Crippen molar-refractivity contribution in [3.8, 4) is 0 Å². The Labute approximate surface area is 234 Å². The number of amides is 1. The van der Waals surface area contributed by atoms with Crippen molar-refractivity contribution >= 4 is 64.9 Å². The molecule has 1 aliphatic heterocycles. The number of thiazole rings is 1. The molecule has 3 aromatic rings. The predicted octanol–water partition coefficient (Wildman–Crippen LogP) is 3.75. The van der Waals surface area contributed by atoms with Gasteiger partial charge in [-0.25, -0.2) is 21.8 Å². The molecule has 0 saturated carbocycles. The lowest BCUT2D eigenvalue weighted by atomic mass is 10.0. The number of rotatable bonds is 8. The number of sulfone groups is 1. The Balaban J connectivity index is 0.00000400. The van der Waals surface area contributed by atoms with Gasteiger partial charge in [0.25, 0.3) is 5.91 Å². The van der Waals surface area contributed by atoms with Crippen LogP contribution in [0.2, 0.25) is 0 Å². The number of aromatic nitrogens is 1. The van der Waals surface area contributed by atoms with Crippen molar-refractivity contribution in [3.63, 3.8) is 0 Å². The number of fused-ring (bicyclic) bond motifs is 1. The van der Waals surface area contributed by atoms with Crippen molar-refractivity contribution in [3.05, 3.63) is 48.0 Å². The Morgan fingerprint density at radius 2 is 1.66 bits per heavy atom. The maximum atomic E-state index is 13.6. The number of nitrogens with zero attached hydrogens (tertiary/aromatic N) is 4. The Bertz CT molecular complexity index is 1500. The summed E-state index contributed by atoms with van der Waals surface area (Å²) in [4.78, 5) is 21.9. The third-order valence-corrected chi connectivity index (χ3v) is 10.6. The lowest BCUT2D eigenvalue weighted by molar-refractivity contribution is 0.0985. The molecule has 1 aromatic heterocycles. The molecule has 0 radical (unpaired) electrons. The minimum atomic E-state index is -3.62. The molecule has 0 atom stereocenters. The summed E-state index contributed by atoms with van der Waals surface area (Å²) in [5, 5.41) is 0.386. The summed E-state index contributed by atoms with van der Waals surface area (Å²) >= 11 is 1.25. The molecule has 0 N–H and O–H groups in total. The van der Waals surface area contributed by atoms with Gasteiger partial charge in [-0.15, -0.1) is 12.4 Å². The second-order valence-corrected chi connectivity index (χ2v) is 14.7. The molecule has 4 rings (SSSR count). The zero-order valence-electron chi connectivity index (χ0n) is 21.8. The molecule has 0 aliphatic carbocycles. The highest BCUT2D eigenvalue weighted by Crippen LogP contribution is 2.33. The van der Waals surface area contributed by atoms with Crippen LogP contribution in [0.4, 0.5) is 5.13 Å². The number of anilines is 1. The highest BCUT2D eigenvalue weighted by molar-refractivity contribution is 7.91. The maximum Gasteiger partial charge on any atom is 0.260 e. The summed E-state index contributed by atoms with van der Waals surface area (Å²) in [5.74, 6) is 0.174. The van der Waals surface area contributed by atoms with E-state index in [4.69, 9.17) is 0 Å². The van der Waals surface area contributed by atoms with Crippen LogP contribution in [0.3, 0.4) is 0 Å². The molecule has 38 heavy (non-hydrogen) atoms. The normalized spacial score (nSPS) is 15.5. The van der Waals surface area contributed by atoms with E-state index in [2.05, 4.69) is 11.9 Å². The van der Waals surface area contributed by atoms with E-state index in [0.29, 0.717) is 53.0 Å². The molecule has 13 heteroatoms. The molecule has 208 valence electrons. The van der Waals surface area contributed by atoms with E-state index < -0.39 is 19.9 Å². The zero-order valence-corrected chi connectivity index (χ0v) is 25.1. The Morgan fingerprint density at radius 1 is 1.03 bits per heavy atom. The van der Waals surface area contributed by atoms with Crippen LogP contribution >= 0.6 is 23.7 Å². The van der Waals surface area contributed by atoms with Crippen LogP contribution in [0, 0.1) is 5.92 Å². The largest absolute Gasteiger partial charge is 0.308 e. The molecule has 2 heterocycles. The zero-order chi connectivity index (χ0) is 27.0. The SMILES string of the molecule is CC1CCN(S(=O)(=O)c2ccc(C(=O)N(CCN(C)C)c3nc4c(S(C)(=O)=O)cccc4s3)cc2)CC1.Cl. The molecule has 1 fully saturated rings. The number of carbonyl (C=O) groups excluding carboxylic acids is 1. The van der Waals surface area contributed by atoms with Gasteiger partial charge < -0.3 is 4.90 Å². The minimum Gasteiger partial charge on any atom is -0.308 e. The van der Waals surface area contributed by atoms with E-state index in [1.54, 1.807) is 12.1 Å². The standard InChI is InChI=1S/C25H32N4O5S3.ClH/c1-18-12-14-28(15-13-18)37(33,34)20-10-8-19(9-11-20)24(30)29(17-16-27(2)3)25-26-23-21(35-25)6-5-7-22(23)36(4,31)32;/h5-11,18H,12-17H2,1-4H3;1H. The monoisotopic (exact) mass is 600 g/mol. The molecule has 9 nitrogen and oxygen atoms in total. The van der Waals surface area contributed by atoms with Crippen molar-refractivity contribution in [2.45, 2.75) is 29.6 Å². The van der Waals surface area contributed by atoms with Crippen molar-refractivity contribution in [2.75, 3.05) is 51.4 Å². The number of carbonyl (C=O) groups is 1. The molecule has 1 aliphatic rings. The molecule has 0 unspecified atom stereocenters. The molecule has 1 amide bonds. The maximum absolute atomic E-state index is 13.6. The summed E-state index contributed by atoms with van der Waals surface area (Å²) in [6.07, 6.45) is 2.80. The predicted molar refractivity (Wildman–Crippen MR) is 154 cm³/mol. The lowest BCUT2D eigenvalue weighted by Crippen LogP contribution is -2.38. The van der Waals surface area contributed by atoms with Gasteiger partial charge in [-0.1, -0.05) is 24.3 Å². The number of piperidine rings is 1. The first-order valence-electron chi connectivity index (χ1n) is 12.0. The van der Waals surface area contributed by atoms with E-state index >= 15 is 0 Å². The van der Waals surface area contributed by atoms with E-state index in [9.17, 15) is 21.6 Å². The molecular weight excluding hydrogens is 568 g/mol. The summed E-state index contributed by atoms with van der Waals surface area (Å²) < 4.78 is 52.9. The van der Waals surface area contributed by atoms with Crippen molar-refractivity contribution < 1.29 is 21.6 Å². The number of benzene rings is 2. The number of likely N-dealkylation sites (N-methyl/N-ethyl adjacent to an activating group) is 1. The van der Waals surface area contributed by atoms with Gasteiger partial charge in [0.15, 0.2) is 15.0 Å². The van der Waals surface area contributed by atoms with E-state index in [1.807, 2.05) is 19.0 Å². The van der Waals surface area contributed by atoms with Crippen molar-refractivity contribution in [1.29, 1.82) is 0 Å². The van der Waals surface area contributed by atoms with Gasteiger partial charge >= 0.3 is 0 Å². The first kappa shape index (κ1) is 30.5. The van der Waals surface area contributed by atoms with Crippen LogP contribution in [0.15, 0.2) is 52.3 Å². The highest BCUT2D eigenvalue weighted by atomic mass is 35.5. The molecular formula is C25H33ClN4O5S3. The van der Waals surface area contributed by atoms with E-state index in [0.717, 1.165) is 19.1 Å². The van der Waals surface area contributed by atoms with E-state index in [-0.39, 0.29) is 28.1 Å². The molecule has 0 spiro atoms. The minimum absolute atomic E-state index is 0. The van der Waals surface area contributed by atoms with Crippen LogP contribution < -0.4 is 4.90 Å². The van der Waals surface area contributed by atoms with Crippen molar-refractivity contribution in [1.82, 2.24) is 14.2 Å². The molecule has 2 aromatic carbocycles. The average molecular weight is 601 g/mol. The Morgan fingerprint density at radius 3 is 2.24 bits per heavy atom. The fourth-order valence-electron chi connectivity index (χ4n) is 4.21. The fraction of sp³-hybridized carbons (Fsp3) is 0.440. The summed E-state index contributed by atoms with van der Waals surface area (Å²) in [7, 11) is -3.34. The Kier molecular flexibility index (Phi) is 9.59. The Hall–Kier alpha value is -2.09. The third kappa shape index (κ3) is 6.54. The lowest BCUT2D eigenvalue weighted by Gasteiger charge is -2.29.